The quantitative estimate of drug-likeness (QED) is 0.835. The van der Waals surface area contributed by atoms with Crippen LogP contribution >= 0.6 is 43.5 Å². The molecule has 18 heavy (non-hydrogen) atoms. The first-order valence-electron chi connectivity index (χ1n) is 4.93. The number of nitrogens with zero attached hydrogens (tertiary/aromatic N) is 2. The molecule has 94 valence electrons. The maximum absolute atomic E-state index is 6.08. The number of anilines is 1. The summed E-state index contributed by atoms with van der Waals surface area (Å²) in [6.07, 6.45) is 1.42. The predicted molar refractivity (Wildman–Crippen MR) is 78.5 cm³/mol. The molecule has 0 unspecified atom stereocenters. The van der Waals surface area contributed by atoms with E-state index in [-0.39, 0.29) is 0 Å². The molecule has 0 aliphatic carbocycles. The molecule has 0 saturated heterocycles. The summed E-state index contributed by atoms with van der Waals surface area (Å²) in [6.45, 7) is 0. The number of aromatic nitrogens is 2. The number of nitrogens with one attached hydrogen (secondary N) is 1. The molecule has 7 heteroatoms. The second kappa shape index (κ2) is 5.86. The van der Waals surface area contributed by atoms with Crippen molar-refractivity contribution in [2.75, 3.05) is 12.4 Å². The average Bonchev–Trinajstić information content (AvgIpc) is 2.35. The van der Waals surface area contributed by atoms with Gasteiger partial charge in [0.15, 0.2) is 0 Å². The fourth-order valence-corrected chi connectivity index (χ4v) is 2.46. The minimum atomic E-state index is 0.401. The zero-order chi connectivity index (χ0) is 13.1. The highest BCUT2D eigenvalue weighted by molar-refractivity contribution is 9.11. The van der Waals surface area contributed by atoms with Crippen LogP contribution < -0.4 is 10.1 Å². The molecule has 2 aromatic rings. The molecule has 0 aliphatic heterocycles. The molecule has 4 nitrogen and oxygen atoms in total. The molecule has 1 heterocycles. The summed E-state index contributed by atoms with van der Waals surface area (Å²) in [5.74, 6) is 1.58. The monoisotopic (exact) mass is 391 g/mol. The van der Waals surface area contributed by atoms with Crippen molar-refractivity contribution in [3.63, 3.8) is 0 Å². The summed E-state index contributed by atoms with van der Waals surface area (Å²) in [5, 5.41) is 3.43. The van der Waals surface area contributed by atoms with Gasteiger partial charge in [-0.25, -0.2) is 9.97 Å². The van der Waals surface area contributed by atoms with Crippen molar-refractivity contribution in [3.05, 3.63) is 38.5 Å². The van der Waals surface area contributed by atoms with Crippen LogP contribution in [-0.2, 0) is 0 Å². The van der Waals surface area contributed by atoms with E-state index in [0.29, 0.717) is 26.9 Å². The molecule has 0 bridgehead atoms. The lowest BCUT2D eigenvalue weighted by atomic mass is 10.3. The smallest absolute Gasteiger partial charge is 0.238 e. The van der Waals surface area contributed by atoms with Crippen molar-refractivity contribution in [2.24, 2.45) is 0 Å². The van der Waals surface area contributed by atoms with E-state index < -0.39 is 0 Å². The standard InChI is InChI=1S/C11H8Br2ClN3O/c1-15-10-9(13)11(17-5-16-10)18-8-3-2-6(12)4-7(8)14/h2-5H,1H3,(H,15,16,17). The number of hydrogen-bond acceptors (Lipinski definition) is 4. The van der Waals surface area contributed by atoms with Gasteiger partial charge in [-0.3, -0.25) is 0 Å². The lowest BCUT2D eigenvalue weighted by molar-refractivity contribution is 0.458. The van der Waals surface area contributed by atoms with Gasteiger partial charge in [-0.15, -0.1) is 0 Å². The zero-order valence-corrected chi connectivity index (χ0v) is 13.2. The number of halogens is 3. The Hall–Kier alpha value is -0.850. The van der Waals surface area contributed by atoms with Gasteiger partial charge in [0, 0.05) is 11.5 Å². The largest absolute Gasteiger partial charge is 0.436 e. The Morgan fingerprint density at radius 1 is 1.28 bits per heavy atom. The van der Waals surface area contributed by atoms with Crippen LogP contribution in [0, 0.1) is 0 Å². The number of hydrogen-bond donors (Lipinski definition) is 1. The average molecular weight is 393 g/mol. The molecule has 0 aliphatic rings. The first-order valence-corrected chi connectivity index (χ1v) is 6.89. The van der Waals surface area contributed by atoms with Gasteiger partial charge in [0.1, 0.15) is 22.4 Å². The number of rotatable bonds is 3. The van der Waals surface area contributed by atoms with Gasteiger partial charge in [0.05, 0.1) is 5.02 Å². The highest BCUT2D eigenvalue weighted by atomic mass is 79.9. The highest BCUT2D eigenvalue weighted by Crippen LogP contribution is 2.35. The maximum Gasteiger partial charge on any atom is 0.238 e. The first-order chi connectivity index (χ1) is 8.61. The summed E-state index contributed by atoms with van der Waals surface area (Å²) in [5.41, 5.74) is 0. The van der Waals surface area contributed by atoms with Crippen LogP contribution in [0.25, 0.3) is 0 Å². The molecule has 0 amide bonds. The third kappa shape index (κ3) is 2.93. The maximum atomic E-state index is 6.08. The highest BCUT2D eigenvalue weighted by Gasteiger charge is 2.11. The first kappa shape index (κ1) is 13.6. The molecule has 0 saturated carbocycles. The Balaban J connectivity index is 2.34. The van der Waals surface area contributed by atoms with E-state index >= 15 is 0 Å². The van der Waals surface area contributed by atoms with Crippen LogP contribution in [0.3, 0.4) is 0 Å². The second-order valence-corrected chi connectivity index (χ2v) is 5.38. The Labute approximate surface area is 126 Å². The van der Waals surface area contributed by atoms with Gasteiger partial charge in [-0.05, 0) is 34.1 Å². The van der Waals surface area contributed by atoms with Crippen LogP contribution in [0.5, 0.6) is 11.6 Å². The van der Waals surface area contributed by atoms with Crippen molar-refractivity contribution in [3.8, 4) is 11.6 Å². The Morgan fingerprint density at radius 3 is 2.72 bits per heavy atom. The van der Waals surface area contributed by atoms with Gasteiger partial charge < -0.3 is 10.1 Å². The predicted octanol–water partition coefficient (Wildman–Crippen LogP) is 4.49. The van der Waals surface area contributed by atoms with Gasteiger partial charge >= 0.3 is 0 Å². The zero-order valence-electron chi connectivity index (χ0n) is 9.25. The van der Waals surface area contributed by atoms with Crippen molar-refractivity contribution >= 4 is 49.3 Å². The fraction of sp³-hybridized carbons (Fsp3) is 0.0909. The Morgan fingerprint density at radius 2 is 2.06 bits per heavy atom. The molecule has 0 fully saturated rings. The number of ether oxygens (including phenoxy) is 1. The minimum absolute atomic E-state index is 0.401. The van der Waals surface area contributed by atoms with E-state index in [0.717, 1.165) is 4.47 Å². The van der Waals surface area contributed by atoms with Crippen molar-refractivity contribution < 1.29 is 4.74 Å². The van der Waals surface area contributed by atoms with Crippen molar-refractivity contribution in [1.82, 2.24) is 9.97 Å². The SMILES string of the molecule is CNc1ncnc(Oc2ccc(Br)cc2Cl)c1Br. The fourth-order valence-electron chi connectivity index (χ4n) is 1.26. The second-order valence-electron chi connectivity index (χ2n) is 3.27. The van der Waals surface area contributed by atoms with Gasteiger partial charge in [-0.2, -0.15) is 0 Å². The van der Waals surface area contributed by atoms with E-state index in [1.54, 1.807) is 19.2 Å². The van der Waals surface area contributed by atoms with E-state index in [1.807, 2.05) is 6.07 Å². The van der Waals surface area contributed by atoms with E-state index in [4.69, 9.17) is 16.3 Å². The van der Waals surface area contributed by atoms with Crippen molar-refractivity contribution in [2.45, 2.75) is 0 Å². The van der Waals surface area contributed by atoms with Crippen molar-refractivity contribution in [1.29, 1.82) is 0 Å². The normalized spacial score (nSPS) is 10.2. The summed E-state index contributed by atoms with van der Waals surface area (Å²) in [7, 11) is 1.77. The Kier molecular flexibility index (Phi) is 4.42. The van der Waals surface area contributed by atoms with E-state index in [1.165, 1.54) is 6.33 Å². The summed E-state index contributed by atoms with van der Waals surface area (Å²) in [4.78, 5) is 8.10. The molecule has 0 spiro atoms. The molecule has 1 aromatic heterocycles. The minimum Gasteiger partial charge on any atom is -0.436 e. The summed E-state index contributed by atoms with van der Waals surface area (Å²) in [6, 6.07) is 5.36. The molecule has 2 rings (SSSR count). The third-order valence-corrected chi connectivity index (χ3v) is 3.60. The molecular formula is C11H8Br2ClN3O. The number of benzene rings is 1. The molecule has 0 radical (unpaired) electrons. The van der Waals surface area contributed by atoms with Crippen LogP contribution in [0.4, 0.5) is 5.82 Å². The van der Waals surface area contributed by atoms with Crippen LogP contribution in [0.1, 0.15) is 0 Å². The molecular weight excluding hydrogens is 385 g/mol. The van der Waals surface area contributed by atoms with Gasteiger partial charge in [0.25, 0.3) is 0 Å². The van der Waals surface area contributed by atoms with Crippen LogP contribution in [0.15, 0.2) is 33.5 Å². The van der Waals surface area contributed by atoms with Gasteiger partial charge in [-0.1, -0.05) is 27.5 Å². The van der Waals surface area contributed by atoms with Crippen LogP contribution in [0.2, 0.25) is 5.02 Å². The molecule has 1 aromatic carbocycles. The summed E-state index contributed by atoms with van der Waals surface area (Å²) < 4.78 is 7.18. The Bertz CT molecular complexity index is 580. The summed E-state index contributed by atoms with van der Waals surface area (Å²) >= 11 is 12.8. The lowest BCUT2D eigenvalue weighted by Gasteiger charge is -2.10. The topological polar surface area (TPSA) is 47.0 Å². The van der Waals surface area contributed by atoms with E-state index in [2.05, 4.69) is 47.1 Å². The molecule has 0 atom stereocenters. The van der Waals surface area contributed by atoms with Crippen LogP contribution in [-0.4, -0.2) is 17.0 Å². The lowest BCUT2D eigenvalue weighted by Crippen LogP contribution is -1.97. The molecule has 1 N–H and O–H groups in total. The van der Waals surface area contributed by atoms with E-state index in [9.17, 15) is 0 Å². The third-order valence-electron chi connectivity index (χ3n) is 2.09. The van der Waals surface area contributed by atoms with Gasteiger partial charge in [0.2, 0.25) is 5.88 Å².